The predicted molar refractivity (Wildman–Crippen MR) is 43.5 cm³/mol. The maximum absolute atomic E-state index is 2.30. The van der Waals surface area contributed by atoms with Gasteiger partial charge >= 0.3 is 0 Å². The van der Waals surface area contributed by atoms with Crippen LogP contribution in [0.1, 0.15) is 40.5 Å². The van der Waals surface area contributed by atoms with E-state index in [0.29, 0.717) is 0 Å². The van der Waals surface area contributed by atoms with E-state index in [9.17, 15) is 0 Å². The van der Waals surface area contributed by atoms with Crippen molar-refractivity contribution in [3.63, 3.8) is 0 Å². The van der Waals surface area contributed by atoms with Gasteiger partial charge in [-0.05, 0) is 26.2 Å². The molecule has 0 aromatic carbocycles. The second-order valence-electron chi connectivity index (χ2n) is 2.85. The fraction of sp³-hybridized carbons (Fsp3) is 0.778. The zero-order chi connectivity index (χ0) is 7.28. The Morgan fingerprint density at radius 3 is 2.44 bits per heavy atom. The Balaban J connectivity index is 3.47. The third-order valence-electron chi connectivity index (χ3n) is 1.86. The SMILES string of the molecule is C/C=C(\C)C[C@H](C)CC. The minimum atomic E-state index is 0.862. The second kappa shape index (κ2) is 4.60. The fourth-order valence-corrected chi connectivity index (χ4v) is 0.812. The first-order chi connectivity index (χ1) is 4.20. The highest BCUT2D eigenvalue weighted by molar-refractivity contribution is 4.96. The molecule has 0 N–H and O–H groups in total. The van der Waals surface area contributed by atoms with Crippen LogP contribution in [0.15, 0.2) is 11.6 Å². The van der Waals surface area contributed by atoms with E-state index in [1.165, 1.54) is 18.4 Å². The summed E-state index contributed by atoms with van der Waals surface area (Å²) in [6, 6.07) is 0. The van der Waals surface area contributed by atoms with E-state index in [-0.39, 0.29) is 0 Å². The van der Waals surface area contributed by atoms with Crippen LogP contribution in [-0.2, 0) is 0 Å². The highest BCUT2D eigenvalue weighted by atomic mass is 14.0. The van der Waals surface area contributed by atoms with Gasteiger partial charge in [-0.15, -0.1) is 0 Å². The van der Waals surface area contributed by atoms with Gasteiger partial charge in [-0.3, -0.25) is 0 Å². The molecular formula is C9H18. The van der Waals surface area contributed by atoms with Gasteiger partial charge in [0.25, 0.3) is 0 Å². The van der Waals surface area contributed by atoms with Crippen LogP contribution < -0.4 is 0 Å². The van der Waals surface area contributed by atoms with Crippen molar-refractivity contribution in [3.05, 3.63) is 11.6 Å². The first-order valence-electron chi connectivity index (χ1n) is 3.82. The third kappa shape index (κ3) is 4.26. The molecule has 0 rings (SSSR count). The first-order valence-corrected chi connectivity index (χ1v) is 3.82. The van der Waals surface area contributed by atoms with E-state index in [1.54, 1.807) is 0 Å². The Bertz CT molecular complexity index is 90.2. The Morgan fingerprint density at radius 1 is 1.56 bits per heavy atom. The van der Waals surface area contributed by atoms with Gasteiger partial charge in [0.15, 0.2) is 0 Å². The van der Waals surface area contributed by atoms with Gasteiger partial charge in [-0.1, -0.05) is 31.9 Å². The molecule has 0 nitrogen and oxygen atoms in total. The molecule has 54 valence electrons. The molecule has 0 radical (unpaired) electrons. The molecule has 0 aromatic heterocycles. The largest absolute Gasteiger partial charge is 0.0887 e. The van der Waals surface area contributed by atoms with Crippen LogP contribution in [0.4, 0.5) is 0 Å². The molecule has 0 unspecified atom stereocenters. The Morgan fingerprint density at radius 2 is 2.11 bits per heavy atom. The van der Waals surface area contributed by atoms with Crippen LogP contribution in [0.25, 0.3) is 0 Å². The molecule has 0 bridgehead atoms. The third-order valence-corrected chi connectivity index (χ3v) is 1.86. The molecule has 0 spiro atoms. The van der Waals surface area contributed by atoms with Gasteiger partial charge in [-0.25, -0.2) is 0 Å². The zero-order valence-corrected chi connectivity index (χ0v) is 7.07. The summed E-state index contributed by atoms with van der Waals surface area (Å²) in [4.78, 5) is 0. The van der Waals surface area contributed by atoms with Crippen LogP contribution in [-0.4, -0.2) is 0 Å². The first kappa shape index (κ1) is 8.74. The monoisotopic (exact) mass is 126 g/mol. The summed E-state index contributed by atoms with van der Waals surface area (Å²) < 4.78 is 0. The van der Waals surface area contributed by atoms with Gasteiger partial charge < -0.3 is 0 Å². The molecule has 0 aliphatic carbocycles. The molecule has 0 amide bonds. The highest BCUT2D eigenvalue weighted by Gasteiger charge is 1.97. The van der Waals surface area contributed by atoms with Gasteiger partial charge in [0.2, 0.25) is 0 Å². The standard InChI is InChI=1S/C9H18/c1-5-8(3)7-9(4)6-2/h5,9H,6-7H2,1-4H3/b8-5+/t9-/m1/s1. The summed E-state index contributed by atoms with van der Waals surface area (Å²) in [7, 11) is 0. The maximum atomic E-state index is 2.30. The van der Waals surface area contributed by atoms with Crippen LogP contribution >= 0.6 is 0 Å². The van der Waals surface area contributed by atoms with Crippen molar-refractivity contribution < 1.29 is 0 Å². The maximum Gasteiger partial charge on any atom is -0.0297 e. The molecule has 0 heteroatoms. The lowest BCUT2D eigenvalue weighted by molar-refractivity contribution is 0.557. The van der Waals surface area contributed by atoms with E-state index in [0.717, 1.165) is 5.92 Å². The smallest absolute Gasteiger partial charge is 0.0297 e. The molecule has 1 atom stereocenters. The number of rotatable bonds is 3. The Kier molecular flexibility index (Phi) is 4.47. The molecule has 0 heterocycles. The van der Waals surface area contributed by atoms with Gasteiger partial charge in [0.05, 0.1) is 0 Å². The summed E-state index contributed by atoms with van der Waals surface area (Å²) >= 11 is 0. The average molecular weight is 126 g/mol. The van der Waals surface area contributed by atoms with Gasteiger partial charge in [0, 0.05) is 0 Å². The second-order valence-corrected chi connectivity index (χ2v) is 2.85. The van der Waals surface area contributed by atoms with Crippen molar-refractivity contribution in [1.82, 2.24) is 0 Å². The molecule has 0 aliphatic rings. The topological polar surface area (TPSA) is 0 Å². The zero-order valence-electron chi connectivity index (χ0n) is 7.07. The minimum Gasteiger partial charge on any atom is -0.0887 e. The minimum absolute atomic E-state index is 0.862. The lowest BCUT2D eigenvalue weighted by Crippen LogP contribution is -1.91. The van der Waals surface area contributed by atoms with Crippen LogP contribution in [0.3, 0.4) is 0 Å². The summed E-state index contributed by atoms with van der Waals surface area (Å²) in [6.45, 7) is 8.85. The predicted octanol–water partition coefficient (Wildman–Crippen LogP) is 3.39. The van der Waals surface area contributed by atoms with Crippen LogP contribution in [0.5, 0.6) is 0 Å². The van der Waals surface area contributed by atoms with Crippen molar-refractivity contribution in [2.75, 3.05) is 0 Å². The molecule has 0 saturated heterocycles. The van der Waals surface area contributed by atoms with E-state index in [4.69, 9.17) is 0 Å². The average Bonchev–Trinajstić information content (AvgIpc) is 1.87. The van der Waals surface area contributed by atoms with Crippen molar-refractivity contribution in [2.45, 2.75) is 40.5 Å². The molecular weight excluding hydrogens is 108 g/mol. The summed E-state index contributed by atoms with van der Waals surface area (Å²) in [6.07, 6.45) is 4.77. The van der Waals surface area contributed by atoms with E-state index in [2.05, 4.69) is 33.8 Å². The number of hydrogen-bond acceptors (Lipinski definition) is 0. The molecule has 0 fully saturated rings. The molecule has 0 saturated carbocycles. The number of allylic oxidation sites excluding steroid dienone is 2. The molecule has 0 aromatic rings. The summed E-state index contributed by atoms with van der Waals surface area (Å²) in [5, 5.41) is 0. The van der Waals surface area contributed by atoms with Gasteiger partial charge in [0.1, 0.15) is 0 Å². The normalized spacial score (nSPS) is 15.8. The molecule has 9 heavy (non-hydrogen) atoms. The van der Waals surface area contributed by atoms with E-state index >= 15 is 0 Å². The summed E-state index contributed by atoms with van der Waals surface area (Å²) in [5.74, 6) is 0.862. The Labute approximate surface area is 59.0 Å². The Hall–Kier alpha value is -0.260. The molecule has 0 aliphatic heterocycles. The van der Waals surface area contributed by atoms with Crippen molar-refractivity contribution in [2.24, 2.45) is 5.92 Å². The van der Waals surface area contributed by atoms with Crippen molar-refractivity contribution in [3.8, 4) is 0 Å². The van der Waals surface area contributed by atoms with E-state index in [1.807, 2.05) is 0 Å². The highest BCUT2D eigenvalue weighted by Crippen LogP contribution is 2.12. The fourth-order valence-electron chi connectivity index (χ4n) is 0.812. The van der Waals surface area contributed by atoms with Crippen LogP contribution in [0, 0.1) is 5.92 Å². The lowest BCUT2D eigenvalue weighted by Gasteiger charge is -2.06. The summed E-state index contributed by atoms with van der Waals surface area (Å²) in [5.41, 5.74) is 1.52. The van der Waals surface area contributed by atoms with E-state index < -0.39 is 0 Å². The van der Waals surface area contributed by atoms with Gasteiger partial charge in [-0.2, -0.15) is 0 Å². The lowest BCUT2D eigenvalue weighted by atomic mass is 10.00. The van der Waals surface area contributed by atoms with Crippen LogP contribution in [0.2, 0.25) is 0 Å². The van der Waals surface area contributed by atoms with Crippen molar-refractivity contribution in [1.29, 1.82) is 0 Å². The quantitative estimate of drug-likeness (QED) is 0.508. The van der Waals surface area contributed by atoms with Crippen molar-refractivity contribution >= 4 is 0 Å². The number of hydrogen-bond donors (Lipinski definition) is 0.